The molecular formula is C9H11BrClN3O. The molecule has 2 rings (SSSR count). The van der Waals surface area contributed by atoms with Gasteiger partial charge in [-0.1, -0.05) is 0 Å². The first-order valence-electron chi connectivity index (χ1n) is 4.75. The maximum absolute atomic E-state index is 5.70. The lowest BCUT2D eigenvalue weighted by Gasteiger charge is -2.10. The van der Waals surface area contributed by atoms with Crippen LogP contribution in [0.2, 0.25) is 5.28 Å². The zero-order valence-corrected chi connectivity index (χ0v) is 10.4. The van der Waals surface area contributed by atoms with Crippen LogP contribution in [0.3, 0.4) is 0 Å². The van der Waals surface area contributed by atoms with Crippen molar-refractivity contribution >= 4 is 33.3 Å². The fraction of sp³-hybridized carbons (Fsp3) is 0.556. The molecule has 4 nitrogen and oxygen atoms in total. The highest BCUT2D eigenvalue weighted by Crippen LogP contribution is 2.21. The second kappa shape index (κ2) is 5.09. The molecule has 1 atom stereocenters. The number of hydrogen-bond donors (Lipinski definition) is 1. The van der Waals surface area contributed by atoms with Crippen LogP contribution in [-0.4, -0.2) is 29.7 Å². The normalized spacial score (nSPS) is 20.5. The number of rotatable bonds is 3. The first-order chi connectivity index (χ1) is 7.25. The summed E-state index contributed by atoms with van der Waals surface area (Å²) in [6.07, 6.45) is 2.74. The molecule has 1 N–H and O–H groups in total. The van der Waals surface area contributed by atoms with E-state index in [0.717, 1.165) is 36.5 Å². The summed E-state index contributed by atoms with van der Waals surface area (Å²) in [5, 5.41) is 3.49. The summed E-state index contributed by atoms with van der Waals surface area (Å²) in [5.74, 6) is 1.30. The van der Waals surface area contributed by atoms with Crippen molar-refractivity contribution < 1.29 is 4.74 Å². The Kier molecular flexibility index (Phi) is 3.77. The van der Waals surface area contributed by atoms with Gasteiger partial charge in [-0.05, 0) is 34.0 Å². The van der Waals surface area contributed by atoms with Gasteiger partial charge in [0.25, 0.3) is 0 Å². The Hall–Kier alpha value is -0.390. The van der Waals surface area contributed by atoms with E-state index in [-0.39, 0.29) is 5.28 Å². The summed E-state index contributed by atoms with van der Waals surface area (Å²) in [6.45, 7) is 2.54. The third-order valence-corrected chi connectivity index (χ3v) is 3.06. The van der Waals surface area contributed by atoms with Gasteiger partial charge in [0.2, 0.25) is 5.28 Å². The summed E-state index contributed by atoms with van der Waals surface area (Å²) < 4.78 is 6.11. The van der Waals surface area contributed by atoms with Gasteiger partial charge in [-0.25, -0.2) is 4.98 Å². The minimum absolute atomic E-state index is 0.253. The first kappa shape index (κ1) is 11.1. The SMILES string of the molecule is Clc1ncc(Br)c(NCC2CCOC2)n1. The van der Waals surface area contributed by atoms with Crippen LogP contribution in [0, 0.1) is 5.92 Å². The Morgan fingerprint density at radius 2 is 2.53 bits per heavy atom. The summed E-state index contributed by atoms with van der Waals surface area (Å²) in [6, 6.07) is 0. The molecule has 0 aromatic carbocycles. The van der Waals surface area contributed by atoms with Gasteiger partial charge in [-0.3, -0.25) is 0 Å². The number of ether oxygens (including phenoxy) is 1. The topological polar surface area (TPSA) is 47.0 Å². The molecule has 0 saturated carbocycles. The zero-order valence-electron chi connectivity index (χ0n) is 8.04. The zero-order chi connectivity index (χ0) is 10.7. The van der Waals surface area contributed by atoms with Crippen molar-refractivity contribution in [2.24, 2.45) is 5.92 Å². The molecule has 0 aliphatic carbocycles. The van der Waals surface area contributed by atoms with Crippen LogP contribution in [0.5, 0.6) is 0 Å². The molecule has 1 aliphatic heterocycles. The smallest absolute Gasteiger partial charge is 0.224 e. The van der Waals surface area contributed by atoms with E-state index in [2.05, 4.69) is 31.2 Å². The Morgan fingerprint density at radius 3 is 3.27 bits per heavy atom. The molecule has 0 radical (unpaired) electrons. The van der Waals surface area contributed by atoms with Crippen molar-refractivity contribution in [1.29, 1.82) is 0 Å². The van der Waals surface area contributed by atoms with Crippen LogP contribution in [-0.2, 0) is 4.74 Å². The van der Waals surface area contributed by atoms with Crippen molar-refractivity contribution in [3.8, 4) is 0 Å². The third kappa shape index (κ3) is 3.03. The lowest BCUT2D eigenvalue weighted by molar-refractivity contribution is 0.187. The predicted molar refractivity (Wildman–Crippen MR) is 62.2 cm³/mol. The van der Waals surface area contributed by atoms with Gasteiger partial charge >= 0.3 is 0 Å². The molecule has 1 aromatic rings. The molecular weight excluding hydrogens is 281 g/mol. The van der Waals surface area contributed by atoms with Crippen molar-refractivity contribution in [2.75, 3.05) is 25.1 Å². The number of aromatic nitrogens is 2. The van der Waals surface area contributed by atoms with Gasteiger partial charge in [0, 0.05) is 25.3 Å². The van der Waals surface area contributed by atoms with Crippen molar-refractivity contribution in [3.05, 3.63) is 16.0 Å². The Labute approximate surface area is 102 Å². The maximum Gasteiger partial charge on any atom is 0.224 e. The average molecular weight is 293 g/mol. The highest BCUT2D eigenvalue weighted by atomic mass is 79.9. The Morgan fingerprint density at radius 1 is 1.67 bits per heavy atom. The molecule has 1 saturated heterocycles. The predicted octanol–water partition coefficient (Wildman–Crippen LogP) is 2.34. The van der Waals surface area contributed by atoms with E-state index in [0.29, 0.717) is 5.92 Å². The lowest BCUT2D eigenvalue weighted by Crippen LogP contribution is -2.15. The van der Waals surface area contributed by atoms with Gasteiger partial charge in [-0.2, -0.15) is 4.98 Å². The Balaban J connectivity index is 1.94. The van der Waals surface area contributed by atoms with Gasteiger partial charge in [0.15, 0.2) is 0 Å². The van der Waals surface area contributed by atoms with E-state index in [9.17, 15) is 0 Å². The molecule has 15 heavy (non-hydrogen) atoms. The largest absolute Gasteiger partial charge is 0.381 e. The lowest BCUT2D eigenvalue weighted by atomic mass is 10.1. The third-order valence-electron chi connectivity index (χ3n) is 2.30. The van der Waals surface area contributed by atoms with Crippen LogP contribution in [0.1, 0.15) is 6.42 Å². The molecule has 82 valence electrons. The van der Waals surface area contributed by atoms with E-state index in [4.69, 9.17) is 16.3 Å². The molecule has 0 amide bonds. The van der Waals surface area contributed by atoms with Crippen molar-refractivity contribution in [3.63, 3.8) is 0 Å². The van der Waals surface area contributed by atoms with E-state index in [1.165, 1.54) is 0 Å². The van der Waals surface area contributed by atoms with E-state index in [1.54, 1.807) is 6.20 Å². The van der Waals surface area contributed by atoms with Gasteiger partial charge in [0.1, 0.15) is 5.82 Å². The highest BCUT2D eigenvalue weighted by Gasteiger charge is 2.15. The van der Waals surface area contributed by atoms with Crippen molar-refractivity contribution in [2.45, 2.75) is 6.42 Å². The quantitative estimate of drug-likeness (QED) is 0.869. The van der Waals surface area contributed by atoms with Crippen LogP contribution >= 0.6 is 27.5 Å². The molecule has 0 spiro atoms. The van der Waals surface area contributed by atoms with Crippen LogP contribution < -0.4 is 5.32 Å². The maximum atomic E-state index is 5.70. The first-order valence-corrected chi connectivity index (χ1v) is 5.92. The molecule has 1 fully saturated rings. The van der Waals surface area contributed by atoms with Crippen LogP contribution in [0.25, 0.3) is 0 Å². The van der Waals surface area contributed by atoms with Crippen LogP contribution in [0.15, 0.2) is 10.7 Å². The number of nitrogens with zero attached hydrogens (tertiary/aromatic N) is 2. The molecule has 1 aliphatic rings. The van der Waals surface area contributed by atoms with Crippen LogP contribution in [0.4, 0.5) is 5.82 Å². The fourth-order valence-electron chi connectivity index (χ4n) is 1.45. The summed E-state index contributed by atoms with van der Waals surface area (Å²) in [5.41, 5.74) is 0. The molecule has 1 aromatic heterocycles. The van der Waals surface area contributed by atoms with E-state index in [1.807, 2.05) is 0 Å². The van der Waals surface area contributed by atoms with Gasteiger partial charge in [-0.15, -0.1) is 0 Å². The number of nitrogens with one attached hydrogen (secondary N) is 1. The molecule has 6 heteroatoms. The minimum Gasteiger partial charge on any atom is -0.381 e. The summed E-state index contributed by atoms with van der Waals surface area (Å²) >= 11 is 9.07. The molecule has 2 heterocycles. The number of halogens is 2. The molecule has 1 unspecified atom stereocenters. The minimum atomic E-state index is 0.253. The number of anilines is 1. The van der Waals surface area contributed by atoms with Crippen molar-refractivity contribution in [1.82, 2.24) is 9.97 Å². The fourth-order valence-corrected chi connectivity index (χ4v) is 1.92. The van der Waals surface area contributed by atoms with Gasteiger partial charge in [0.05, 0.1) is 11.1 Å². The highest BCUT2D eigenvalue weighted by molar-refractivity contribution is 9.10. The second-order valence-electron chi connectivity index (χ2n) is 3.45. The van der Waals surface area contributed by atoms with E-state index < -0.39 is 0 Å². The van der Waals surface area contributed by atoms with Gasteiger partial charge < -0.3 is 10.1 Å². The molecule has 0 bridgehead atoms. The summed E-state index contributed by atoms with van der Waals surface area (Å²) in [7, 11) is 0. The second-order valence-corrected chi connectivity index (χ2v) is 4.64. The Bertz CT molecular complexity index is 344. The average Bonchev–Trinajstić information content (AvgIpc) is 2.72. The summed E-state index contributed by atoms with van der Waals surface area (Å²) in [4.78, 5) is 7.95. The number of hydrogen-bond acceptors (Lipinski definition) is 4. The standard InChI is InChI=1S/C9H11BrClN3O/c10-7-4-13-9(11)14-8(7)12-3-6-1-2-15-5-6/h4,6H,1-3,5H2,(H,12,13,14). The monoisotopic (exact) mass is 291 g/mol. The van der Waals surface area contributed by atoms with E-state index >= 15 is 0 Å².